The Morgan fingerprint density at radius 3 is 2.97 bits per heavy atom. The van der Waals surface area contributed by atoms with E-state index in [1.54, 1.807) is 0 Å². The van der Waals surface area contributed by atoms with E-state index < -0.39 is 12.2 Å². The highest BCUT2D eigenvalue weighted by atomic mass is 16.6. The van der Waals surface area contributed by atoms with Gasteiger partial charge in [0.25, 0.3) is 0 Å². The lowest BCUT2D eigenvalue weighted by atomic mass is 9.95. The summed E-state index contributed by atoms with van der Waals surface area (Å²) in [6, 6.07) is 10.1. The Bertz CT molecular complexity index is 1360. The van der Waals surface area contributed by atoms with Crippen molar-refractivity contribution in [2.45, 2.75) is 50.4 Å². The van der Waals surface area contributed by atoms with Gasteiger partial charge in [0.2, 0.25) is 0 Å². The average Bonchev–Trinajstić information content (AvgIpc) is 3.29. The quantitative estimate of drug-likeness (QED) is 0.366. The molecule has 9 nitrogen and oxygen atoms in total. The first-order chi connectivity index (χ1) is 16.6. The summed E-state index contributed by atoms with van der Waals surface area (Å²) in [5.41, 5.74) is 12.9. The van der Waals surface area contributed by atoms with Crippen molar-refractivity contribution in [2.75, 3.05) is 17.8 Å². The number of aromatic nitrogens is 4. The first kappa shape index (κ1) is 21.3. The highest BCUT2D eigenvalue weighted by Crippen LogP contribution is 2.39. The fourth-order valence-corrected chi connectivity index (χ4v) is 5.42. The minimum Gasteiger partial charge on any atom is -0.390 e. The largest absolute Gasteiger partial charge is 0.390 e. The number of nitrogen functional groups attached to an aromatic ring is 1. The number of nitrogens with two attached hydrogens (primary N) is 1. The molecule has 0 radical (unpaired) electrons. The minimum atomic E-state index is -0.864. The van der Waals surface area contributed by atoms with Crippen LogP contribution in [0.1, 0.15) is 36.4 Å². The number of aliphatic hydroxyl groups is 2. The highest BCUT2D eigenvalue weighted by Gasteiger charge is 2.42. The monoisotopic (exact) mass is 460 g/mol. The number of hydrogen-bond acceptors (Lipinski definition) is 8. The van der Waals surface area contributed by atoms with Crippen molar-refractivity contribution in [3.05, 3.63) is 54.0 Å². The van der Waals surface area contributed by atoms with Gasteiger partial charge in [-0.25, -0.2) is 20.4 Å². The van der Waals surface area contributed by atoms with Crippen molar-refractivity contribution in [3.63, 3.8) is 0 Å². The van der Waals surface area contributed by atoms with Crippen LogP contribution in [0.5, 0.6) is 0 Å². The van der Waals surface area contributed by atoms with E-state index in [0.29, 0.717) is 24.5 Å². The number of rotatable bonds is 4. The van der Waals surface area contributed by atoms with Gasteiger partial charge in [-0.3, -0.25) is 4.84 Å². The number of nitrogens with zero attached hydrogens (tertiary/aromatic N) is 4. The van der Waals surface area contributed by atoms with Crippen molar-refractivity contribution in [3.8, 4) is 0 Å². The SMILES string of the molecule is Nc1ncnc2c1ccn2[C@@H]1C[C@H](CCc2ccc3cc4c(nc3c2)NOCCC4)[C@@H](O)[C@H]1O. The normalized spacial score (nSPS) is 24.8. The van der Waals surface area contributed by atoms with Crippen LogP contribution in [0, 0.1) is 5.92 Å². The molecule has 9 heteroatoms. The fourth-order valence-electron chi connectivity index (χ4n) is 5.42. The van der Waals surface area contributed by atoms with Crippen molar-refractivity contribution in [1.82, 2.24) is 19.5 Å². The Morgan fingerprint density at radius 2 is 2.06 bits per heavy atom. The van der Waals surface area contributed by atoms with Crippen molar-refractivity contribution in [2.24, 2.45) is 5.92 Å². The molecule has 4 atom stereocenters. The van der Waals surface area contributed by atoms with Gasteiger partial charge in [0.05, 0.1) is 29.7 Å². The molecule has 1 saturated carbocycles. The van der Waals surface area contributed by atoms with Gasteiger partial charge in [-0.05, 0) is 67.3 Å². The molecule has 0 amide bonds. The molecule has 4 heterocycles. The number of aliphatic hydroxyl groups excluding tert-OH is 2. The molecular formula is C25H28N6O3. The zero-order valence-electron chi connectivity index (χ0n) is 18.8. The molecule has 34 heavy (non-hydrogen) atoms. The molecule has 2 aliphatic rings. The van der Waals surface area contributed by atoms with E-state index in [1.807, 2.05) is 16.8 Å². The lowest BCUT2D eigenvalue weighted by molar-refractivity contribution is 0.00545. The van der Waals surface area contributed by atoms with Gasteiger partial charge in [0, 0.05) is 11.6 Å². The van der Waals surface area contributed by atoms with E-state index in [2.05, 4.69) is 39.7 Å². The van der Waals surface area contributed by atoms with E-state index in [-0.39, 0.29) is 12.0 Å². The second kappa shape index (κ2) is 8.50. The number of nitrogens with one attached hydrogen (secondary N) is 1. The summed E-state index contributed by atoms with van der Waals surface area (Å²) >= 11 is 0. The summed E-state index contributed by atoms with van der Waals surface area (Å²) in [4.78, 5) is 18.6. The van der Waals surface area contributed by atoms with Crippen LogP contribution in [0.15, 0.2) is 42.9 Å². The summed E-state index contributed by atoms with van der Waals surface area (Å²) in [5.74, 6) is 1.18. The smallest absolute Gasteiger partial charge is 0.153 e. The topological polar surface area (TPSA) is 131 Å². The Hall–Kier alpha value is -3.27. The molecule has 3 aromatic heterocycles. The van der Waals surface area contributed by atoms with Crippen LogP contribution < -0.4 is 11.2 Å². The van der Waals surface area contributed by atoms with Crippen LogP contribution in [-0.2, 0) is 17.7 Å². The van der Waals surface area contributed by atoms with Crippen LogP contribution in [0.25, 0.3) is 21.9 Å². The third kappa shape index (κ3) is 3.66. The van der Waals surface area contributed by atoms with Crippen LogP contribution in [0.4, 0.5) is 11.6 Å². The van der Waals surface area contributed by atoms with Crippen molar-refractivity contribution < 1.29 is 15.1 Å². The summed E-state index contributed by atoms with van der Waals surface area (Å²) in [7, 11) is 0. The molecule has 0 saturated heterocycles. The molecule has 1 fully saturated rings. The maximum atomic E-state index is 10.8. The number of anilines is 2. The van der Waals surface area contributed by atoms with E-state index in [1.165, 1.54) is 11.9 Å². The molecule has 1 aliphatic carbocycles. The molecule has 4 aromatic rings. The lowest BCUT2D eigenvalue weighted by Crippen LogP contribution is -2.29. The average molecular weight is 461 g/mol. The molecule has 176 valence electrons. The highest BCUT2D eigenvalue weighted by molar-refractivity contribution is 5.86. The predicted molar refractivity (Wildman–Crippen MR) is 129 cm³/mol. The molecule has 0 unspecified atom stereocenters. The van der Waals surface area contributed by atoms with E-state index in [0.717, 1.165) is 53.4 Å². The summed E-state index contributed by atoms with van der Waals surface area (Å²) in [5, 5.41) is 23.5. The van der Waals surface area contributed by atoms with Crippen LogP contribution in [0.3, 0.4) is 0 Å². The molecule has 1 aliphatic heterocycles. The third-order valence-corrected chi connectivity index (χ3v) is 7.29. The van der Waals surface area contributed by atoms with Gasteiger partial charge in [0.1, 0.15) is 23.9 Å². The molecule has 5 N–H and O–H groups in total. The molecular weight excluding hydrogens is 432 g/mol. The van der Waals surface area contributed by atoms with Gasteiger partial charge < -0.3 is 20.5 Å². The molecule has 0 spiro atoms. The third-order valence-electron chi connectivity index (χ3n) is 7.29. The van der Waals surface area contributed by atoms with Gasteiger partial charge in [0.15, 0.2) is 5.82 Å². The second-order valence-electron chi connectivity index (χ2n) is 9.38. The lowest BCUT2D eigenvalue weighted by Gasteiger charge is -2.19. The number of pyridine rings is 1. The molecule has 6 rings (SSSR count). The molecule has 0 bridgehead atoms. The summed E-state index contributed by atoms with van der Waals surface area (Å²) in [6.07, 6.45) is 5.79. The van der Waals surface area contributed by atoms with Crippen molar-refractivity contribution >= 4 is 33.6 Å². The number of fused-ring (bicyclic) bond motifs is 3. The maximum absolute atomic E-state index is 10.8. The first-order valence-electron chi connectivity index (χ1n) is 11.8. The maximum Gasteiger partial charge on any atom is 0.153 e. The fraction of sp³-hybridized carbons (Fsp3) is 0.400. The van der Waals surface area contributed by atoms with Gasteiger partial charge in [-0.2, -0.15) is 0 Å². The summed E-state index contributed by atoms with van der Waals surface area (Å²) in [6.45, 7) is 0.674. The Balaban J connectivity index is 1.19. The van der Waals surface area contributed by atoms with Gasteiger partial charge >= 0.3 is 0 Å². The van der Waals surface area contributed by atoms with Gasteiger partial charge in [-0.1, -0.05) is 12.1 Å². The second-order valence-corrected chi connectivity index (χ2v) is 9.38. The Morgan fingerprint density at radius 1 is 1.15 bits per heavy atom. The minimum absolute atomic E-state index is 0.0256. The number of benzene rings is 1. The van der Waals surface area contributed by atoms with Crippen LogP contribution in [-0.4, -0.2) is 48.5 Å². The standard InChI is InChI=1S/C25H28N6O3/c26-23-18-7-8-31(25(18)28-13-27-23)20-12-16(21(32)22(20)33)6-4-14-3-5-15-11-17-2-1-9-34-30-24(17)29-19(15)10-14/h3,5,7-8,10-11,13,16,20-22,32-33H,1-2,4,6,9,12H2,(H,29,30)(H2,26,27,28)/t16-,20+,21+,22-/m0/s1. The van der Waals surface area contributed by atoms with Crippen molar-refractivity contribution in [1.29, 1.82) is 0 Å². The summed E-state index contributed by atoms with van der Waals surface area (Å²) < 4.78 is 1.92. The molecule has 1 aromatic carbocycles. The number of hydrogen-bond donors (Lipinski definition) is 4. The Kier molecular flexibility index (Phi) is 5.32. The zero-order valence-corrected chi connectivity index (χ0v) is 18.8. The van der Waals surface area contributed by atoms with Crippen LogP contribution >= 0.6 is 0 Å². The van der Waals surface area contributed by atoms with Gasteiger partial charge in [-0.15, -0.1) is 0 Å². The first-order valence-corrected chi connectivity index (χ1v) is 11.8. The van der Waals surface area contributed by atoms with Crippen LogP contribution in [0.2, 0.25) is 0 Å². The predicted octanol–water partition coefficient (Wildman–Crippen LogP) is 2.77. The van der Waals surface area contributed by atoms with E-state index >= 15 is 0 Å². The van der Waals surface area contributed by atoms with E-state index in [9.17, 15) is 10.2 Å². The number of aryl methyl sites for hydroxylation is 2. The zero-order chi connectivity index (χ0) is 23.2. The van der Waals surface area contributed by atoms with E-state index in [4.69, 9.17) is 15.6 Å². The Labute approximate surface area is 196 Å².